The largest absolute Gasteiger partial charge is 0.495 e. The van der Waals surface area contributed by atoms with Gasteiger partial charge in [-0.1, -0.05) is 27.5 Å². The van der Waals surface area contributed by atoms with E-state index in [-0.39, 0.29) is 11.7 Å². The fourth-order valence-corrected chi connectivity index (χ4v) is 2.67. The minimum absolute atomic E-state index is 0.0945. The van der Waals surface area contributed by atoms with E-state index in [4.69, 9.17) is 38.0 Å². The van der Waals surface area contributed by atoms with Crippen molar-refractivity contribution in [1.82, 2.24) is 5.32 Å². The maximum Gasteiger partial charge on any atom is 0.264 e. The van der Waals surface area contributed by atoms with Gasteiger partial charge in [-0.05, 0) is 36.5 Å². The van der Waals surface area contributed by atoms with E-state index in [1.165, 1.54) is 14.2 Å². The first-order chi connectivity index (χ1) is 12.4. The fourth-order valence-electron chi connectivity index (χ4n) is 1.95. The lowest BCUT2D eigenvalue weighted by molar-refractivity contribution is -0.121. The summed E-state index contributed by atoms with van der Waals surface area (Å²) in [7, 11) is 2.99. The van der Waals surface area contributed by atoms with Gasteiger partial charge in [-0.25, -0.2) is 0 Å². The van der Waals surface area contributed by atoms with Gasteiger partial charge in [-0.2, -0.15) is 0 Å². The normalized spacial score (nSPS) is 10.0. The van der Waals surface area contributed by atoms with Crippen molar-refractivity contribution in [3.8, 4) is 17.2 Å². The molecule has 0 unspecified atom stereocenters. The molecule has 1 amide bonds. The van der Waals surface area contributed by atoms with Crippen LogP contribution in [0, 0.1) is 0 Å². The van der Waals surface area contributed by atoms with Crippen molar-refractivity contribution >= 4 is 56.5 Å². The molecule has 26 heavy (non-hydrogen) atoms. The number of ether oxygens (including phenoxy) is 3. The van der Waals surface area contributed by atoms with Gasteiger partial charge in [0.25, 0.3) is 5.91 Å². The predicted molar refractivity (Wildman–Crippen MR) is 109 cm³/mol. The number of nitrogens with one attached hydrogen (secondary N) is 2. The molecule has 9 heteroatoms. The number of anilines is 1. The van der Waals surface area contributed by atoms with Gasteiger partial charge >= 0.3 is 0 Å². The quantitative estimate of drug-likeness (QED) is 0.636. The fraction of sp³-hybridized carbons (Fsp3) is 0.176. The average molecular weight is 460 g/mol. The topological polar surface area (TPSA) is 68.8 Å². The molecule has 0 spiro atoms. The van der Waals surface area contributed by atoms with Gasteiger partial charge in [0.1, 0.15) is 17.2 Å². The number of amides is 1. The summed E-state index contributed by atoms with van der Waals surface area (Å²) in [6.07, 6.45) is 0. The number of halogens is 2. The second kappa shape index (κ2) is 9.61. The van der Waals surface area contributed by atoms with Crippen molar-refractivity contribution in [2.75, 3.05) is 26.1 Å². The number of rotatable bonds is 6. The number of hydrogen-bond acceptors (Lipinski definition) is 5. The second-order valence-electron chi connectivity index (χ2n) is 4.93. The van der Waals surface area contributed by atoms with Crippen molar-refractivity contribution in [2.45, 2.75) is 0 Å². The molecule has 0 aromatic heterocycles. The van der Waals surface area contributed by atoms with Gasteiger partial charge in [0.2, 0.25) is 0 Å². The zero-order chi connectivity index (χ0) is 19.1. The van der Waals surface area contributed by atoms with Crippen LogP contribution in [0.4, 0.5) is 5.69 Å². The highest BCUT2D eigenvalue weighted by molar-refractivity contribution is 9.10. The summed E-state index contributed by atoms with van der Waals surface area (Å²) in [6.45, 7) is -0.176. The van der Waals surface area contributed by atoms with E-state index in [9.17, 15) is 4.79 Å². The highest BCUT2D eigenvalue weighted by atomic mass is 79.9. The second-order valence-corrected chi connectivity index (χ2v) is 6.66. The Morgan fingerprint density at radius 1 is 1.15 bits per heavy atom. The van der Waals surface area contributed by atoms with Gasteiger partial charge in [0, 0.05) is 16.6 Å². The molecule has 0 saturated heterocycles. The molecule has 0 saturated carbocycles. The van der Waals surface area contributed by atoms with E-state index >= 15 is 0 Å². The van der Waals surface area contributed by atoms with E-state index in [0.717, 1.165) is 4.47 Å². The lowest BCUT2D eigenvalue weighted by atomic mass is 10.2. The molecule has 2 aromatic carbocycles. The van der Waals surface area contributed by atoms with E-state index in [1.807, 2.05) is 12.1 Å². The molecule has 2 N–H and O–H groups in total. The first-order valence-electron chi connectivity index (χ1n) is 7.33. The third-order valence-electron chi connectivity index (χ3n) is 3.16. The number of benzene rings is 2. The summed E-state index contributed by atoms with van der Waals surface area (Å²) in [5.74, 6) is 1.08. The summed E-state index contributed by atoms with van der Waals surface area (Å²) in [5.41, 5.74) is 0.507. The maximum atomic E-state index is 12.0. The molecule has 0 aliphatic carbocycles. The Balaban J connectivity index is 1.93. The molecule has 0 fully saturated rings. The SMILES string of the molecule is COc1cc(NC(=S)NC(=O)COc2ccc(Br)cc2)c(OC)cc1Cl. The summed E-state index contributed by atoms with van der Waals surface area (Å²) in [4.78, 5) is 12.0. The maximum absolute atomic E-state index is 12.0. The third-order valence-corrected chi connectivity index (χ3v) is 4.19. The van der Waals surface area contributed by atoms with E-state index in [0.29, 0.717) is 28.0 Å². The lowest BCUT2D eigenvalue weighted by Gasteiger charge is -2.15. The summed E-state index contributed by atoms with van der Waals surface area (Å²) >= 11 is 14.5. The van der Waals surface area contributed by atoms with Crippen LogP contribution in [0.2, 0.25) is 5.02 Å². The van der Waals surface area contributed by atoms with Crippen LogP contribution < -0.4 is 24.8 Å². The molecule has 0 atom stereocenters. The molecule has 0 aliphatic heterocycles. The minimum Gasteiger partial charge on any atom is -0.495 e. The molecule has 0 heterocycles. The minimum atomic E-state index is -0.398. The highest BCUT2D eigenvalue weighted by Crippen LogP contribution is 2.35. The molecular weight excluding hydrogens is 444 g/mol. The summed E-state index contributed by atoms with van der Waals surface area (Å²) in [5, 5.41) is 5.90. The van der Waals surface area contributed by atoms with Crippen LogP contribution in [0.1, 0.15) is 0 Å². The molecule has 0 aliphatic rings. The summed E-state index contributed by atoms with van der Waals surface area (Å²) < 4.78 is 16.7. The number of hydrogen-bond donors (Lipinski definition) is 2. The average Bonchev–Trinajstić information content (AvgIpc) is 2.62. The summed E-state index contributed by atoms with van der Waals surface area (Å²) in [6, 6.07) is 10.3. The van der Waals surface area contributed by atoms with Crippen LogP contribution in [-0.2, 0) is 4.79 Å². The van der Waals surface area contributed by atoms with Crippen molar-refractivity contribution in [1.29, 1.82) is 0 Å². The van der Waals surface area contributed by atoms with Crippen LogP contribution in [0.3, 0.4) is 0 Å². The van der Waals surface area contributed by atoms with Crippen molar-refractivity contribution in [2.24, 2.45) is 0 Å². The zero-order valence-electron chi connectivity index (χ0n) is 14.0. The number of carbonyl (C=O) groups is 1. The first-order valence-corrected chi connectivity index (χ1v) is 8.91. The Bertz CT molecular complexity index is 802. The van der Waals surface area contributed by atoms with E-state index in [1.54, 1.807) is 24.3 Å². The van der Waals surface area contributed by atoms with Crippen molar-refractivity contribution in [3.63, 3.8) is 0 Å². The van der Waals surface area contributed by atoms with Crippen LogP contribution >= 0.6 is 39.7 Å². The van der Waals surface area contributed by atoms with Crippen LogP contribution in [-0.4, -0.2) is 31.8 Å². The smallest absolute Gasteiger partial charge is 0.264 e. The lowest BCUT2D eigenvalue weighted by Crippen LogP contribution is -2.37. The number of methoxy groups -OCH3 is 2. The molecule has 0 bridgehead atoms. The Kier molecular flexibility index (Phi) is 7.50. The molecule has 6 nitrogen and oxygen atoms in total. The van der Waals surface area contributed by atoms with E-state index < -0.39 is 5.91 Å². The van der Waals surface area contributed by atoms with Gasteiger partial charge < -0.3 is 19.5 Å². The van der Waals surface area contributed by atoms with E-state index in [2.05, 4.69) is 26.6 Å². The van der Waals surface area contributed by atoms with Gasteiger partial charge in [0.15, 0.2) is 11.7 Å². The van der Waals surface area contributed by atoms with Crippen molar-refractivity contribution < 1.29 is 19.0 Å². The first kappa shape index (κ1) is 20.3. The number of thiocarbonyl (C=S) groups is 1. The predicted octanol–water partition coefficient (Wildman–Crippen LogP) is 4.01. The standard InChI is InChI=1S/C17H16BrClN2O4S/c1-23-14-8-13(15(24-2)7-12(14)19)20-17(26)21-16(22)9-25-11-5-3-10(18)4-6-11/h3-8H,9H2,1-2H3,(H2,20,21,22,26). The Labute approximate surface area is 169 Å². The zero-order valence-corrected chi connectivity index (χ0v) is 17.1. The van der Waals surface area contributed by atoms with Gasteiger partial charge in [0.05, 0.1) is 24.9 Å². The third kappa shape index (κ3) is 5.76. The van der Waals surface area contributed by atoms with Crippen molar-refractivity contribution in [3.05, 3.63) is 45.9 Å². The Hall–Kier alpha value is -2.03. The van der Waals surface area contributed by atoms with Gasteiger partial charge in [-0.15, -0.1) is 0 Å². The van der Waals surface area contributed by atoms with Crippen LogP contribution in [0.5, 0.6) is 17.2 Å². The Morgan fingerprint density at radius 3 is 2.42 bits per heavy atom. The molecule has 138 valence electrons. The monoisotopic (exact) mass is 458 g/mol. The number of carbonyl (C=O) groups excluding carboxylic acids is 1. The van der Waals surface area contributed by atoms with Crippen LogP contribution in [0.25, 0.3) is 0 Å². The molecule has 2 rings (SSSR count). The molecule has 0 radical (unpaired) electrons. The van der Waals surface area contributed by atoms with Gasteiger partial charge in [-0.3, -0.25) is 10.1 Å². The Morgan fingerprint density at radius 2 is 1.81 bits per heavy atom. The highest BCUT2D eigenvalue weighted by Gasteiger charge is 2.12. The molecular formula is C17H16BrClN2O4S. The van der Waals surface area contributed by atoms with Crippen LogP contribution in [0.15, 0.2) is 40.9 Å². The molecule has 2 aromatic rings.